The second-order valence-electron chi connectivity index (χ2n) is 3.73. The molecule has 1 aromatic carbocycles. The number of oxime groups is 1. The second-order valence-corrected chi connectivity index (χ2v) is 3.73. The van der Waals surface area contributed by atoms with Crippen molar-refractivity contribution < 1.29 is 9.23 Å². The minimum absolute atomic E-state index is 0.337. The van der Waals surface area contributed by atoms with Crippen LogP contribution in [-0.4, -0.2) is 18.5 Å². The third-order valence-electron chi connectivity index (χ3n) is 2.51. The van der Waals surface area contributed by atoms with Crippen molar-refractivity contribution in [1.29, 1.82) is 0 Å². The van der Waals surface area contributed by atoms with Crippen molar-refractivity contribution in [2.24, 2.45) is 5.16 Å². The number of hydrogen-bond acceptors (Lipinski definition) is 2. The van der Waals surface area contributed by atoms with Gasteiger partial charge in [-0.25, -0.2) is 4.39 Å². The van der Waals surface area contributed by atoms with Gasteiger partial charge in [0.05, 0.1) is 5.71 Å². The second kappa shape index (κ2) is 4.91. The molecule has 0 fully saturated rings. The normalized spacial score (nSPS) is 19.8. The van der Waals surface area contributed by atoms with E-state index in [9.17, 15) is 4.39 Å². The molecule has 1 heterocycles. The minimum Gasteiger partial charge on any atom is -0.389 e. The molecule has 1 aromatic rings. The molecule has 0 aliphatic carbocycles. The van der Waals surface area contributed by atoms with E-state index in [1.54, 1.807) is 0 Å². The molecule has 0 radical (unpaired) electrons. The van der Waals surface area contributed by atoms with Crippen molar-refractivity contribution in [3.05, 3.63) is 35.9 Å². The first-order valence-corrected chi connectivity index (χ1v) is 5.20. The Labute approximate surface area is 88.7 Å². The van der Waals surface area contributed by atoms with E-state index in [0.717, 1.165) is 18.6 Å². The summed E-state index contributed by atoms with van der Waals surface area (Å²) >= 11 is 0. The monoisotopic (exact) mass is 207 g/mol. The third kappa shape index (κ3) is 2.78. The first-order valence-electron chi connectivity index (χ1n) is 5.20. The van der Waals surface area contributed by atoms with Crippen LogP contribution in [0.25, 0.3) is 0 Å². The van der Waals surface area contributed by atoms with Crippen LogP contribution in [0.2, 0.25) is 0 Å². The number of hydrogen-bond donors (Lipinski definition) is 0. The molecule has 2 nitrogen and oxygen atoms in total. The van der Waals surface area contributed by atoms with Crippen molar-refractivity contribution in [2.45, 2.75) is 25.4 Å². The van der Waals surface area contributed by atoms with Crippen LogP contribution in [0.15, 0.2) is 35.5 Å². The van der Waals surface area contributed by atoms with Crippen molar-refractivity contribution in [3.63, 3.8) is 0 Å². The summed E-state index contributed by atoms with van der Waals surface area (Å²) in [7, 11) is 0. The maximum Gasteiger partial charge on any atom is 0.161 e. The van der Waals surface area contributed by atoms with Gasteiger partial charge in [-0.05, 0) is 18.4 Å². The van der Waals surface area contributed by atoms with Crippen LogP contribution >= 0.6 is 0 Å². The Balaban J connectivity index is 1.80. The number of alkyl halides is 1. The molecule has 3 heteroatoms. The summed E-state index contributed by atoms with van der Waals surface area (Å²) in [5.74, 6) is 0. The number of halogens is 1. The fourth-order valence-corrected chi connectivity index (χ4v) is 1.65. The highest BCUT2D eigenvalue weighted by molar-refractivity contribution is 5.85. The van der Waals surface area contributed by atoms with Crippen LogP contribution in [0.4, 0.5) is 4.39 Å². The van der Waals surface area contributed by atoms with E-state index in [1.807, 2.05) is 18.2 Å². The van der Waals surface area contributed by atoms with Gasteiger partial charge in [0.15, 0.2) is 6.10 Å². The predicted octanol–water partition coefficient (Wildman–Crippen LogP) is 2.73. The van der Waals surface area contributed by atoms with Gasteiger partial charge in [-0.15, -0.1) is 0 Å². The summed E-state index contributed by atoms with van der Waals surface area (Å²) in [5.41, 5.74) is 2.26. The smallest absolute Gasteiger partial charge is 0.161 e. The SMILES string of the molecule is FCC1CC(CCc2ccccc2)=NO1. The Morgan fingerprint density at radius 3 is 2.73 bits per heavy atom. The molecule has 0 spiro atoms. The van der Waals surface area contributed by atoms with Crippen LogP contribution in [0, 0.1) is 0 Å². The average molecular weight is 207 g/mol. The maximum absolute atomic E-state index is 12.2. The quantitative estimate of drug-likeness (QED) is 0.744. The molecule has 0 N–H and O–H groups in total. The first-order chi connectivity index (χ1) is 7.38. The van der Waals surface area contributed by atoms with Gasteiger partial charge in [0, 0.05) is 6.42 Å². The summed E-state index contributed by atoms with van der Waals surface area (Å²) in [6.07, 6.45) is 2.11. The molecule has 1 aliphatic rings. The summed E-state index contributed by atoms with van der Waals surface area (Å²) in [6.45, 7) is -0.446. The van der Waals surface area contributed by atoms with E-state index >= 15 is 0 Å². The highest BCUT2D eigenvalue weighted by Crippen LogP contribution is 2.15. The van der Waals surface area contributed by atoms with E-state index in [0.29, 0.717) is 6.42 Å². The lowest BCUT2D eigenvalue weighted by Gasteiger charge is -2.00. The van der Waals surface area contributed by atoms with Gasteiger partial charge in [0.1, 0.15) is 6.67 Å². The molecule has 0 aromatic heterocycles. The van der Waals surface area contributed by atoms with Gasteiger partial charge in [-0.3, -0.25) is 0 Å². The first kappa shape index (κ1) is 10.1. The Morgan fingerprint density at radius 2 is 2.07 bits per heavy atom. The van der Waals surface area contributed by atoms with E-state index in [2.05, 4.69) is 17.3 Å². The lowest BCUT2D eigenvalue weighted by molar-refractivity contribution is 0.0656. The molecule has 2 rings (SSSR count). The van der Waals surface area contributed by atoms with Crippen LogP contribution in [0.3, 0.4) is 0 Å². The molecule has 0 amide bonds. The van der Waals surface area contributed by atoms with Crippen molar-refractivity contribution in [2.75, 3.05) is 6.67 Å². The molecular weight excluding hydrogens is 193 g/mol. The van der Waals surface area contributed by atoms with E-state index < -0.39 is 6.67 Å². The standard InChI is InChI=1S/C12H14FNO/c13-9-12-8-11(14-15-12)7-6-10-4-2-1-3-5-10/h1-5,12H,6-9H2. The molecule has 15 heavy (non-hydrogen) atoms. The third-order valence-corrected chi connectivity index (χ3v) is 2.51. The van der Waals surface area contributed by atoms with Gasteiger partial charge < -0.3 is 4.84 Å². The van der Waals surface area contributed by atoms with Crippen LogP contribution < -0.4 is 0 Å². The highest BCUT2D eigenvalue weighted by Gasteiger charge is 2.19. The van der Waals surface area contributed by atoms with Gasteiger partial charge in [0.25, 0.3) is 0 Å². The summed E-state index contributed by atoms with van der Waals surface area (Å²) in [4.78, 5) is 4.92. The molecular formula is C12H14FNO. The van der Waals surface area contributed by atoms with Crippen LogP contribution in [0.1, 0.15) is 18.4 Å². The van der Waals surface area contributed by atoms with Gasteiger partial charge >= 0.3 is 0 Å². The van der Waals surface area contributed by atoms with E-state index in [1.165, 1.54) is 5.56 Å². The van der Waals surface area contributed by atoms with E-state index in [4.69, 9.17) is 4.84 Å². The lowest BCUT2D eigenvalue weighted by atomic mass is 10.0. The van der Waals surface area contributed by atoms with Gasteiger partial charge in [0.2, 0.25) is 0 Å². The number of rotatable bonds is 4. The zero-order valence-corrected chi connectivity index (χ0v) is 8.53. The van der Waals surface area contributed by atoms with Crippen LogP contribution in [0.5, 0.6) is 0 Å². The Kier molecular flexibility index (Phi) is 3.33. The molecule has 0 bridgehead atoms. The molecule has 0 saturated carbocycles. The Hall–Kier alpha value is -1.38. The molecule has 80 valence electrons. The zero-order valence-electron chi connectivity index (χ0n) is 8.53. The number of benzene rings is 1. The largest absolute Gasteiger partial charge is 0.389 e. The fourth-order valence-electron chi connectivity index (χ4n) is 1.65. The summed E-state index contributed by atoms with van der Waals surface area (Å²) in [6, 6.07) is 10.2. The lowest BCUT2D eigenvalue weighted by Crippen LogP contribution is -2.09. The number of nitrogens with zero attached hydrogens (tertiary/aromatic N) is 1. The predicted molar refractivity (Wildman–Crippen MR) is 57.7 cm³/mol. The summed E-state index contributed by atoms with van der Waals surface area (Å²) < 4.78 is 12.2. The minimum atomic E-state index is -0.446. The number of aryl methyl sites for hydroxylation is 1. The maximum atomic E-state index is 12.2. The highest BCUT2D eigenvalue weighted by atomic mass is 19.1. The molecule has 1 unspecified atom stereocenters. The summed E-state index contributed by atoms with van der Waals surface area (Å²) in [5, 5.41) is 3.88. The zero-order chi connectivity index (χ0) is 10.5. The Bertz CT molecular complexity index is 337. The van der Waals surface area contributed by atoms with Gasteiger partial charge in [-0.2, -0.15) is 0 Å². The van der Waals surface area contributed by atoms with E-state index in [-0.39, 0.29) is 6.10 Å². The Morgan fingerprint density at radius 1 is 1.27 bits per heavy atom. The topological polar surface area (TPSA) is 21.6 Å². The molecule has 1 atom stereocenters. The van der Waals surface area contributed by atoms with Crippen LogP contribution in [-0.2, 0) is 11.3 Å². The fraction of sp³-hybridized carbons (Fsp3) is 0.417. The average Bonchev–Trinajstić information content (AvgIpc) is 2.76. The van der Waals surface area contributed by atoms with Crippen molar-refractivity contribution in [1.82, 2.24) is 0 Å². The molecule has 1 aliphatic heterocycles. The van der Waals surface area contributed by atoms with Crippen molar-refractivity contribution in [3.8, 4) is 0 Å². The van der Waals surface area contributed by atoms with Gasteiger partial charge in [-0.1, -0.05) is 35.5 Å². The molecule has 0 saturated heterocycles. The van der Waals surface area contributed by atoms with Crippen molar-refractivity contribution >= 4 is 5.71 Å².